The third-order valence-corrected chi connectivity index (χ3v) is 4.41. The summed E-state index contributed by atoms with van der Waals surface area (Å²) >= 11 is 4.91. The Labute approximate surface area is 109 Å². The lowest BCUT2D eigenvalue weighted by atomic mass is 10.2. The molecular formula is C13H7BrO2S. The zero-order chi connectivity index (χ0) is 12.0. The topological polar surface area (TPSA) is 37.3 Å². The molecule has 0 aliphatic carbocycles. The van der Waals surface area contributed by atoms with E-state index in [0.29, 0.717) is 10.8 Å². The first-order valence-electron chi connectivity index (χ1n) is 5.01. The minimum absolute atomic E-state index is 0.00113. The summed E-state index contributed by atoms with van der Waals surface area (Å²) < 4.78 is 2.54. The summed E-state index contributed by atoms with van der Waals surface area (Å²) in [6.07, 6.45) is 0. The molecule has 0 radical (unpaired) electrons. The second-order valence-corrected chi connectivity index (χ2v) is 5.66. The van der Waals surface area contributed by atoms with Crippen molar-refractivity contribution in [3.63, 3.8) is 0 Å². The van der Waals surface area contributed by atoms with Gasteiger partial charge in [-0.1, -0.05) is 6.07 Å². The molecule has 1 heterocycles. The van der Waals surface area contributed by atoms with E-state index in [1.807, 2.05) is 18.2 Å². The molecule has 17 heavy (non-hydrogen) atoms. The van der Waals surface area contributed by atoms with E-state index in [-0.39, 0.29) is 11.2 Å². The van der Waals surface area contributed by atoms with E-state index in [0.717, 1.165) is 13.9 Å². The molecular weight excluding hydrogens is 300 g/mol. The van der Waals surface area contributed by atoms with Gasteiger partial charge >= 0.3 is 0 Å². The molecule has 0 atom stereocenters. The number of hydrogen-bond donors (Lipinski definition) is 1. The van der Waals surface area contributed by atoms with Crippen LogP contribution in [0.1, 0.15) is 0 Å². The third-order valence-electron chi connectivity index (χ3n) is 2.63. The lowest BCUT2D eigenvalue weighted by Crippen LogP contribution is -2.01. The highest BCUT2D eigenvalue weighted by Crippen LogP contribution is 2.30. The molecule has 4 heteroatoms. The maximum absolute atomic E-state index is 12.3. The van der Waals surface area contributed by atoms with Crippen molar-refractivity contribution in [1.29, 1.82) is 0 Å². The molecule has 0 saturated heterocycles. The predicted octanol–water partition coefficient (Wildman–Crippen LogP) is 3.88. The lowest BCUT2D eigenvalue weighted by molar-refractivity contribution is 0.476. The average Bonchev–Trinajstić information content (AvgIpc) is 2.28. The van der Waals surface area contributed by atoms with Crippen LogP contribution in [0.3, 0.4) is 0 Å². The van der Waals surface area contributed by atoms with Crippen LogP contribution in [0.25, 0.3) is 20.2 Å². The van der Waals surface area contributed by atoms with Crippen molar-refractivity contribution in [1.82, 2.24) is 0 Å². The van der Waals surface area contributed by atoms with Gasteiger partial charge in [-0.05, 0) is 46.3 Å². The summed E-state index contributed by atoms with van der Waals surface area (Å²) in [5.74, 6) is 0.183. The van der Waals surface area contributed by atoms with Crippen molar-refractivity contribution in [3.8, 4) is 5.75 Å². The SMILES string of the molecule is O=c1c2ccc(O)cc2sc2cccc(Br)c12. The van der Waals surface area contributed by atoms with Crippen molar-refractivity contribution in [2.45, 2.75) is 0 Å². The number of hydrogen-bond acceptors (Lipinski definition) is 3. The lowest BCUT2D eigenvalue weighted by Gasteiger charge is -2.02. The Hall–Kier alpha value is -1.39. The number of rotatable bonds is 0. The highest BCUT2D eigenvalue weighted by molar-refractivity contribution is 9.10. The quantitative estimate of drug-likeness (QED) is 0.640. The minimum Gasteiger partial charge on any atom is -0.508 e. The summed E-state index contributed by atoms with van der Waals surface area (Å²) in [5, 5.41) is 10.8. The van der Waals surface area contributed by atoms with Gasteiger partial charge in [0.05, 0.1) is 5.39 Å². The van der Waals surface area contributed by atoms with Crippen molar-refractivity contribution in [3.05, 3.63) is 51.1 Å². The molecule has 0 saturated carbocycles. The van der Waals surface area contributed by atoms with E-state index in [4.69, 9.17) is 0 Å². The van der Waals surface area contributed by atoms with Gasteiger partial charge in [0.15, 0.2) is 5.43 Å². The Balaban J connectivity index is 2.62. The number of fused-ring (bicyclic) bond motifs is 2. The second-order valence-electron chi connectivity index (χ2n) is 3.72. The van der Waals surface area contributed by atoms with Gasteiger partial charge in [-0.3, -0.25) is 4.79 Å². The third kappa shape index (κ3) is 1.64. The summed E-state index contributed by atoms with van der Waals surface area (Å²) in [6.45, 7) is 0. The minimum atomic E-state index is 0.00113. The zero-order valence-electron chi connectivity index (χ0n) is 8.61. The molecule has 0 amide bonds. The van der Waals surface area contributed by atoms with Crippen LogP contribution in [0.2, 0.25) is 0 Å². The average molecular weight is 307 g/mol. The molecule has 2 aromatic carbocycles. The van der Waals surface area contributed by atoms with Gasteiger partial charge < -0.3 is 5.11 Å². The van der Waals surface area contributed by atoms with Gasteiger partial charge in [0, 0.05) is 19.3 Å². The van der Waals surface area contributed by atoms with Gasteiger partial charge in [-0.2, -0.15) is 0 Å². The van der Waals surface area contributed by atoms with Crippen molar-refractivity contribution in [2.75, 3.05) is 0 Å². The van der Waals surface area contributed by atoms with Gasteiger partial charge in [0.1, 0.15) is 5.75 Å². The Morgan fingerprint density at radius 3 is 2.76 bits per heavy atom. The Morgan fingerprint density at radius 1 is 1.12 bits per heavy atom. The summed E-state index contributed by atoms with van der Waals surface area (Å²) in [4.78, 5) is 12.3. The van der Waals surface area contributed by atoms with Crippen molar-refractivity contribution < 1.29 is 5.11 Å². The number of benzene rings is 2. The highest BCUT2D eigenvalue weighted by atomic mass is 79.9. The van der Waals surface area contributed by atoms with Crippen molar-refractivity contribution >= 4 is 47.4 Å². The first-order chi connectivity index (χ1) is 8.16. The van der Waals surface area contributed by atoms with Crippen LogP contribution in [0.15, 0.2) is 45.7 Å². The number of phenols is 1. The summed E-state index contributed by atoms with van der Waals surface area (Å²) in [5.41, 5.74) is 0.00113. The molecule has 0 aliphatic heterocycles. The maximum Gasteiger partial charge on any atom is 0.197 e. The molecule has 3 aromatic rings. The smallest absolute Gasteiger partial charge is 0.197 e. The van der Waals surface area contributed by atoms with Gasteiger partial charge in [0.2, 0.25) is 0 Å². The predicted molar refractivity (Wildman–Crippen MR) is 75.0 cm³/mol. The van der Waals surface area contributed by atoms with E-state index in [1.54, 1.807) is 18.2 Å². The van der Waals surface area contributed by atoms with E-state index >= 15 is 0 Å². The Kier molecular flexibility index (Phi) is 2.42. The molecule has 0 fully saturated rings. The van der Waals surface area contributed by atoms with Crippen LogP contribution in [0.4, 0.5) is 0 Å². The Morgan fingerprint density at radius 2 is 1.94 bits per heavy atom. The number of aromatic hydroxyl groups is 1. The molecule has 0 aliphatic rings. The standard InChI is InChI=1S/C13H7BrO2S/c14-9-2-1-3-10-12(9)13(16)8-5-4-7(15)6-11(8)17-10/h1-6,15H. The number of phenolic OH excluding ortho intramolecular Hbond substituents is 1. The van der Waals surface area contributed by atoms with E-state index in [2.05, 4.69) is 15.9 Å². The van der Waals surface area contributed by atoms with Crippen LogP contribution in [-0.4, -0.2) is 5.11 Å². The van der Waals surface area contributed by atoms with Crippen LogP contribution in [0.5, 0.6) is 5.75 Å². The Bertz CT molecular complexity index is 792. The number of halogens is 1. The monoisotopic (exact) mass is 306 g/mol. The first-order valence-corrected chi connectivity index (χ1v) is 6.62. The zero-order valence-corrected chi connectivity index (χ0v) is 11.0. The van der Waals surface area contributed by atoms with Crippen LogP contribution in [-0.2, 0) is 0 Å². The molecule has 3 rings (SSSR count). The second kappa shape index (κ2) is 3.82. The van der Waals surface area contributed by atoms with E-state index in [1.165, 1.54) is 11.3 Å². The molecule has 84 valence electrons. The van der Waals surface area contributed by atoms with E-state index in [9.17, 15) is 9.90 Å². The van der Waals surface area contributed by atoms with E-state index < -0.39 is 0 Å². The van der Waals surface area contributed by atoms with Crippen LogP contribution >= 0.6 is 27.3 Å². The molecule has 2 nitrogen and oxygen atoms in total. The van der Waals surface area contributed by atoms with Crippen molar-refractivity contribution in [2.24, 2.45) is 0 Å². The molecule has 1 N–H and O–H groups in total. The fourth-order valence-electron chi connectivity index (χ4n) is 1.85. The van der Waals surface area contributed by atoms with Crippen LogP contribution in [0, 0.1) is 0 Å². The van der Waals surface area contributed by atoms with Gasteiger partial charge in [-0.15, -0.1) is 11.3 Å². The maximum atomic E-state index is 12.3. The normalized spacial score (nSPS) is 11.1. The molecule has 0 bridgehead atoms. The molecule has 0 spiro atoms. The highest BCUT2D eigenvalue weighted by Gasteiger charge is 2.08. The summed E-state index contributed by atoms with van der Waals surface area (Å²) in [7, 11) is 0. The van der Waals surface area contributed by atoms with Gasteiger partial charge in [0.25, 0.3) is 0 Å². The molecule has 0 unspecified atom stereocenters. The molecule has 1 aromatic heterocycles. The largest absolute Gasteiger partial charge is 0.508 e. The van der Waals surface area contributed by atoms with Crippen LogP contribution < -0.4 is 5.43 Å². The fourth-order valence-corrected chi connectivity index (χ4v) is 3.66. The summed E-state index contributed by atoms with van der Waals surface area (Å²) in [6, 6.07) is 10.5. The fraction of sp³-hybridized carbons (Fsp3) is 0. The van der Waals surface area contributed by atoms with Gasteiger partial charge in [-0.25, -0.2) is 0 Å². The first kappa shape index (κ1) is 10.7.